The van der Waals surface area contributed by atoms with Crippen molar-refractivity contribution in [3.63, 3.8) is 0 Å². The summed E-state index contributed by atoms with van der Waals surface area (Å²) in [6.07, 6.45) is 4.72. The number of fused-ring (bicyclic) bond motifs is 1. The molecule has 0 saturated carbocycles. The minimum absolute atomic E-state index is 0.0484. The second kappa shape index (κ2) is 10.0. The fourth-order valence-corrected chi connectivity index (χ4v) is 4.37. The Bertz CT molecular complexity index is 988. The zero-order valence-electron chi connectivity index (χ0n) is 18.4. The van der Waals surface area contributed by atoms with Crippen LogP contribution in [0.3, 0.4) is 0 Å². The van der Waals surface area contributed by atoms with Crippen LogP contribution >= 0.6 is 0 Å². The number of amides is 2. The number of anilines is 1. The maximum absolute atomic E-state index is 14.5. The molecule has 7 heteroatoms. The highest BCUT2D eigenvalue weighted by molar-refractivity contribution is 6.07. The third-order valence-corrected chi connectivity index (χ3v) is 5.96. The van der Waals surface area contributed by atoms with E-state index in [2.05, 4.69) is 0 Å². The Morgan fingerprint density at radius 1 is 0.969 bits per heavy atom. The lowest BCUT2D eigenvalue weighted by Gasteiger charge is -2.30. The SMILES string of the molecule is CCOc1cc(C(=O)N2CCCc3cccc(F)c32)ccc1OCC(=O)N1CCCCC1. The first-order valence-electron chi connectivity index (χ1n) is 11.3. The molecule has 2 heterocycles. The number of hydrogen-bond acceptors (Lipinski definition) is 4. The minimum Gasteiger partial charge on any atom is -0.490 e. The maximum atomic E-state index is 14.5. The summed E-state index contributed by atoms with van der Waals surface area (Å²) in [5, 5.41) is 0. The summed E-state index contributed by atoms with van der Waals surface area (Å²) in [4.78, 5) is 29.0. The topological polar surface area (TPSA) is 59.1 Å². The van der Waals surface area contributed by atoms with Crippen molar-refractivity contribution in [2.75, 3.05) is 37.7 Å². The summed E-state index contributed by atoms with van der Waals surface area (Å²) < 4.78 is 26.0. The van der Waals surface area contributed by atoms with Crippen molar-refractivity contribution in [1.82, 2.24) is 4.90 Å². The van der Waals surface area contributed by atoms with Gasteiger partial charge in [0.25, 0.3) is 11.8 Å². The van der Waals surface area contributed by atoms with E-state index in [0.29, 0.717) is 35.9 Å². The van der Waals surface area contributed by atoms with Crippen LogP contribution in [-0.2, 0) is 11.2 Å². The molecular formula is C25H29FN2O4. The molecule has 1 fully saturated rings. The lowest BCUT2D eigenvalue weighted by atomic mass is 10.00. The standard InChI is InChI=1S/C25H29FN2O4/c1-2-31-22-16-19(11-12-21(22)32-17-23(29)27-13-4-3-5-14-27)25(30)28-15-7-9-18-8-6-10-20(26)24(18)28/h6,8,10-12,16H,2-5,7,9,13-15,17H2,1H3. The van der Waals surface area contributed by atoms with Crippen molar-refractivity contribution >= 4 is 17.5 Å². The second-order valence-electron chi connectivity index (χ2n) is 8.13. The number of carbonyl (C=O) groups excluding carboxylic acids is 2. The van der Waals surface area contributed by atoms with E-state index in [1.165, 1.54) is 11.0 Å². The van der Waals surface area contributed by atoms with Gasteiger partial charge in [0.2, 0.25) is 0 Å². The molecule has 2 aromatic rings. The monoisotopic (exact) mass is 440 g/mol. The number of nitrogens with zero attached hydrogens (tertiary/aromatic N) is 2. The molecule has 170 valence electrons. The first kappa shape index (κ1) is 22.1. The van der Waals surface area contributed by atoms with Crippen LogP contribution in [0.25, 0.3) is 0 Å². The van der Waals surface area contributed by atoms with Crippen molar-refractivity contribution < 1.29 is 23.5 Å². The number of hydrogen-bond donors (Lipinski definition) is 0. The minimum atomic E-state index is -0.392. The van der Waals surface area contributed by atoms with Crippen LogP contribution in [0.4, 0.5) is 10.1 Å². The zero-order chi connectivity index (χ0) is 22.5. The fraction of sp³-hybridized carbons (Fsp3) is 0.440. The molecule has 0 radical (unpaired) electrons. The first-order valence-corrected chi connectivity index (χ1v) is 11.3. The molecule has 4 rings (SSSR count). The van der Waals surface area contributed by atoms with Crippen molar-refractivity contribution in [3.05, 3.63) is 53.3 Å². The van der Waals surface area contributed by atoms with Crippen molar-refractivity contribution in [2.45, 2.75) is 39.0 Å². The molecule has 6 nitrogen and oxygen atoms in total. The average molecular weight is 441 g/mol. The van der Waals surface area contributed by atoms with Gasteiger partial charge in [0, 0.05) is 25.2 Å². The van der Waals surface area contributed by atoms with Crippen LogP contribution in [0.2, 0.25) is 0 Å². The Morgan fingerprint density at radius 3 is 2.56 bits per heavy atom. The van der Waals surface area contributed by atoms with Gasteiger partial charge in [-0.2, -0.15) is 0 Å². The molecule has 2 aliphatic heterocycles. The molecule has 0 aromatic heterocycles. The number of piperidine rings is 1. The van der Waals surface area contributed by atoms with Gasteiger partial charge in [-0.15, -0.1) is 0 Å². The molecule has 0 aliphatic carbocycles. The second-order valence-corrected chi connectivity index (χ2v) is 8.13. The van der Waals surface area contributed by atoms with Gasteiger partial charge in [-0.1, -0.05) is 12.1 Å². The van der Waals surface area contributed by atoms with Crippen molar-refractivity contribution in [1.29, 1.82) is 0 Å². The summed E-state index contributed by atoms with van der Waals surface area (Å²) in [6.45, 7) is 4.14. The normalized spacial score (nSPS) is 15.8. The lowest BCUT2D eigenvalue weighted by molar-refractivity contribution is -0.134. The van der Waals surface area contributed by atoms with E-state index >= 15 is 0 Å². The molecular weight excluding hydrogens is 411 g/mol. The highest BCUT2D eigenvalue weighted by atomic mass is 19.1. The van der Waals surface area contributed by atoms with Gasteiger partial charge in [0.1, 0.15) is 5.82 Å². The number of benzene rings is 2. The van der Waals surface area contributed by atoms with E-state index in [1.807, 2.05) is 17.9 Å². The third kappa shape index (κ3) is 4.71. The molecule has 0 bridgehead atoms. The van der Waals surface area contributed by atoms with Gasteiger partial charge in [-0.05, 0) is 68.9 Å². The number of rotatable bonds is 6. The zero-order valence-corrected chi connectivity index (χ0v) is 18.4. The summed E-state index contributed by atoms with van der Waals surface area (Å²) >= 11 is 0. The van der Waals surface area contributed by atoms with Crippen molar-refractivity contribution in [3.8, 4) is 11.5 Å². The number of likely N-dealkylation sites (tertiary alicyclic amines) is 1. The van der Waals surface area contributed by atoms with Gasteiger partial charge in [0.15, 0.2) is 18.1 Å². The molecule has 2 amide bonds. The van der Waals surface area contributed by atoms with E-state index < -0.39 is 5.82 Å². The Hall–Kier alpha value is -3.09. The number of para-hydroxylation sites is 1. The molecule has 2 aliphatic rings. The summed E-state index contributed by atoms with van der Waals surface area (Å²) in [5.41, 5.74) is 1.58. The van der Waals surface area contributed by atoms with Crippen LogP contribution in [-0.4, -0.2) is 49.6 Å². The molecule has 32 heavy (non-hydrogen) atoms. The van der Waals surface area contributed by atoms with E-state index in [4.69, 9.17) is 9.47 Å². The number of halogens is 1. The molecule has 0 N–H and O–H groups in total. The largest absolute Gasteiger partial charge is 0.490 e. The molecule has 1 saturated heterocycles. The molecule has 0 atom stereocenters. The van der Waals surface area contributed by atoms with Crippen LogP contribution in [0, 0.1) is 5.82 Å². The summed E-state index contributed by atoms with van der Waals surface area (Å²) in [5.74, 6) is 0.0898. The lowest BCUT2D eigenvalue weighted by Crippen LogP contribution is -2.38. The van der Waals surface area contributed by atoms with Crippen LogP contribution in [0.5, 0.6) is 11.5 Å². The van der Waals surface area contributed by atoms with E-state index in [-0.39, 0.29) is 18.4 Å². The smallest absolute Gasteiger partial charge is 0.260 e. The maximum Gasteiger partial charge on any atom is 0.260 e. The van der Waals surface area contributed by atoms with Crippen LogP contribution in [0.1, 0.15) is 48.5 Å². The average Bonchev–Trinajstić information content (AvgIpc) is 2.83. The quantitative estimate of drug-likeness (QED) is 0.675. The van der Waals surface area contributed by atoms with E-state index in [0.717, 1.165) is 50.8 Å². The molecule has 0 spiro atoms. The predicted octanol–water partition coefficient (Wildman–Crippen LogP) is 4.21. The Balaban J connectivity index is 1.52. The Morgan fingerprint density at radius 2 is 1.78 bits per heavy atom. The summed E-state index contributed by atoms with van der Waals surface area (Å²) in [6, 6.07) is 9.81. The van der Waals surface area contributed by atoms with Gasteiger partial charge >= 0.3 is 0 Å². The molecule has 2 aromatic carbocycles. The van der Waals surface area contributed by atoms with Crippen molar-refractivity contribution in [2.24, 2.45) is 0 Å². The Labute approximate surface area is 187 Å². The number of aryl methyl sites for hydroxylation is 1. The highest BCUT2D eigenvalue weighted by Gasteiger charge is 2.27. The van der Waals surface area contributed by atoms with E-state index in [1.54, 1.807) is 24.3 Å². The Kier molecular flexibility index (Phi) is 6.93. The number of ether oxygens (including phenoxy) is 2. The van der Waals surface area contributed by atoms with Gasteiger partial charge in [-0.25, -0.2) is 4.39 Å². The van der Waals surface area contributed by atoms with Crippen LogP contribution < -0.4 is 14.4 Å². The first-order chi connectivity index (χ1) is 15.6. The number of carbonyl (C=O) groups is 2. The van der Waals surface area contributed by atoms with E-state index in [9.17, 15) is 14.0 Å². The third-order valence-electron chi connectivity index (χ3n) is 5.96. The highest BCUT2D eigenvalue weighted by Crippen LogP contribution is 2.33. The van der Waals surface area contributed by atoms with Crippen LogP contribution in [0.15, 0.2) is 36.4 Å². The van der Waals surface area contributed by atoms with Gasteiger partial charge in [0.05, 0.1) is 12.3 Å². The molecule has 0 unspecified atom stereocenters. The van der Waals surface area contributed by atoms with Gasteiger partial charge in [-0.3, -0.25) is 9.59 Å². The predicted molar refractivity (Wildman–Crippen MR) is 120 cm³/mol. The fourth-order valence-electron chi connectivity index (χ4n) is 4.37. The summed E-state index contributed by atoms with van der Waals surface area (Å²) in [7, 11) is 0. The van der Waals surface area contributed by atoms with Gasteiger partial charge < -0.3 is 19.3 Å².